The molecule has 1 aromatic carbocycles. The topological polar surface area (TPSA) is 49.8 Å². The molecule has 1 N–H and O–H groups in total. The molecule has 0 bridgehead atoms. The van der Waals surface area contributed by atoms with Crippen molar-refractivity contribution in [1.29, 1.82) is 0 Å². The third-order valence-electron chi connectivity index (χ3n) is 3.51. The number of nitrogens with zero attached hydrogens (tertiary/aromatic N) is 1. The molecule has 1 aliphatic rings. The van der Waals surface area contributed by atoms with E-state index in [4.69, 9.17) is 4.74 Å². The second-order valence-corrected chi connectivity index (χ2v) is 4.57. The first kappa shape index (κ1) is 13.9. The van der Waals surface area contributed by atoms with E-state index in [1.165, 1.54) is 17.9 Å². The number of halogens is 2. The van der Waals surface area contributed by atoms with Gasteiger partial charge in [-0.15, -0.1) is 0 Å². The van der Waals surface area contributed by atoms with Crippen LogP contribution in [0.2, 0.25) is 0 Å². The molecule has 1 aromatic rings. The zero-order valence-electron chi connectivity index (χ0n) is 10.5. The van der Waals surface area contributed by atoms with Gasteiger partial charge in [0.05, 0.1) is 18.8 Å². The van der Waals surface area contributed by atoms with Gasteiger partial charge in [-0.1, -0.05) is 6.07 Å². The van der Waals surface area contributed by atoms with Crippen LogP contribution in [0.25, 0.3) is 0 Å². The van der Waals surface area contributed by atoms with Crippen LogP contribution in [0.4, 0.5) is 8.78 Å². The lowest BCUT2D eigenvalue weighted by atomic mass is 9.88. The number of rotatable bonds is 3. The molecule has 2 rings (SSSR count). The lowest BCUT2D eigenvalue weighted by Gasteiger charge is -2.40. The van der Waals surface area contributed by atoms with Crippen LogP contribution in [0.5, 0.6) is 0 Å². The quantitative estimate of drug-likeness (QED) is 0.907. The summed E-state index contributed by atoms with van der Waals surface area (Å²) in [6, 6.07) is 3.36. The highest BCUT2D eigenvalue weighted by Gasteiger charge is 2.45. The van der Waals surface area contributed by atoms with E-state index in [1.54, 1.807) is 0 Å². The number of ether oxygens (including phenoxy) is 1. The van der Waals surface area contributed by atoms with Gasteiger partial charge in [-0.3, -0.25) is 4.90 Å². The number of hydrogen-bond acceptors (Lipinski definition) is 3. The summed E-state index contributed by atoms with van der Waals surface area (Å²) in [5.74, 6) is -2.98. The molecule has 1 atom stereocenters. The molecule has 0 spiro atoms. The minimum atomic E-state index is -1.74. The molecule has 0 aromatic heterocycles. The number of hydrogen-bond donors (Lipinski definition) is 1. The van der Waals surface area contributed by atoms with Gasteiger partial charge < -0.3 is 9.84 Å². The number of morpholine rings is 1. The highest BCUT2D eigenvalue weighted by molar-refractivity contribution is 5.80. The zero-order valence-corrected chi connectivity index (χ0v) is 10.5. The maximum absolute atomic E-state index is 13.9. The third-order valence-corrected chi connectivity index (χ3v) is 3.51. The molecule has 1 saturated heterocycles. The van der Waals surface area contributed by atoms with Crippen LogP contribution in [-0.2, 0) is 15.1 Å². The minimum Gasteiger partial charge on any atom is -0.480 e. The van der Waals surface area contributed by atoms with E-state index >= 15 is 0 Å². The van der Waals surface area contributed by atoms with Crippen LogP contribution in [-0.4, -0.2) is 42.3 Å². The van der Waals surface area contributed by atoms with E-state index in [9.17, 15) is 18.7 Å². The number of carboxylic acids is 1. The fourth-order valence-corrected chi connectivity index (χ4v) is 2.37. The maximum Gasteiger partial charge on any atom is 0.328 e. The summed E-state index contributed by atoms with van der Waals surface area (Å²) >= 11 is 0. The summed E-state index contributed by atoms with van der Waals surface area (Å²) in [6.07, 6.45) is 0. The van der Waals surface area contributed by atoms with Crippen LogP contribution in [0.1, 0.15) is 12.5 Å². The van der Waals surface area contributed by atoms with Crippen LogP contribution < -0.4 is 0 Å². The normalized spacial score (nSPS) is 19.9. The van der Waals surface area contributed by atoms with Gasteiger partial charge in [0.15, 0.2) is 0 Å². The van der Waals surface area contributed by atoms with E-state index in [-0.39, 0.29) is 0 Å². The fourth-order valence-electron chi connectivity index (χ4n) is 2.37. The van der Waals surface area contributed by atoms with E-state index < -0.39 is 28.7 Å². The van der Waals surface area contributed by atoms with E-state index in [1.807, 2.05) is 0 Å². The summed E-state index contributed by atoms with van der Waals surface area (Å²) in [4.78, 5) is 13.1. The number of benzene rings is 1. The second-order valence-electron chi connectivity index (χ2n) is 4.57. The monoisotopic (exact) mass is 271 g/mol. The zero-order chi connectivity index (χ0) is 14.0. The van der Waals surface area contributed by atoms with Crippen molar-refractivity contribution >= 4 is 5.97 Å². The van der Waals surface area contributed by atoms with Crippen LogP contribution in [0.15, 0.2) is 18.2 Å². The Morgan fingerprint density at radius 3 is 2.32 bits per heavy atom. The van der Waals surface area contributed by atoms with Crippen LogP contribution in [0.3, 0.4) is 0 Å². The molecule has 0 aliphatic carbocycles. The molecule has 1 unspecified atom stereocenters. The summed E-state index contributed by atoms with van der Waals surface area (Å²) in [5.41, 5.74) is -2.16. The molecule has 6 heteroatoms. The Morgan fingerprint density at radius 2 is 1.84 bits per heavy atom. The third kappa shape index (κ3) is 2.33. The predicted molar refractivity (Wildman–Crippen MR) is 63.7 cm³/mol. The van der Waals surface area contributed by atoms with Crippen molar-refractivity contribution in [3.63, 3.8) is 0 Å². The lowest BCUT2D eigenvalue weighted by Crippen LogP contribution is -2.55. The molecule has 0 saturated carbocycles. The highest BCUT2D eigenvalue weighted by atomic mass is 19.1. The van der Waals surface area contributed by atoms with Crippen molar-refractivity contribution in [1.82, 2.24) is 4.90 Å². The largest absolute Gasteiger partial charge is 0.480 e. The Bertz CT molecular complexity index is 469. The average Bonchev–Trinajstić information content (AvgIpc) is 2.39. The molecule has 1 heterocycles. The molecule has 104 valence electrons. The van der Waals surface area contributed by atoms with Gasteiger partial charge in [-0.05, 0) is 19.1 Å². The lowest BCUT2D eigenvalue weighted by molar-refractivity contribution is -0.155. The minimum absolute atomic E-state index is 0.316. The summed E-state index contributed by atoms with van der Waals surface area (Å²) < 4.78 is 32.9. The van der Waals surface area contributed by atoms with Crippen LogP contribution in [0, 0.1) is 11.6 Å². The average molecular weight is 271 g/mol. The molecule has 1 aliphatic heterocycles. The molecule has 19 heavy (non-hydrogen) atoms. The smallest absolute Gasteiger partial charge is 0.328 e. The Morgan fingerprint density at radius 1 is 1.32 bits per heavy atom. The van der Waals surface area contributed by atoms with Gasteiger partial charge in [-0.2, -0.15) is 0 Å². The predicted octanol–water partition coefficient (Wildman–Crippen LogP) is 1.60. The van der Waals surface area contributed by atoms with Crippen molar-refractivity contribution < 1.29 is 23.4 Å². The standard InChI is InChI=1S/C13H15F2NO3/c1-13(12(17)18,16-5-7-19-8-6-16)11-9(14)3-2-4-10(11)15/h2-4H,5-8H2,1H3,(H,17,18). The second kappa shape index (κ2) is 5.22. The molecule has 0 radical (unpaired) electrons. The number of aliphatic carboxylic acids is 1. The van der Waals surface area contributed by atoms with E-state index in [2.05, 4.69) is 0 Å². The first-order valence-electron chi connectivity index (χ1n) is 5.98. The summed E-state index contributed by atoms with van der Waals surface area (Å²) in [5, 5.41) is 9.47. The summed E-state index contributed by atoms with van der Waals surface area (Å²) in [7, 11) is 0. The molecule has 4 nitrogen and oxygen atoms in total. The SMILES string of the molecule is CC(C(=O)O)(c1c(F)cccc1F)N1CCOCC1. The Kier molecular flexibility index (Phi) is 3.82. The highest BCUT2D eigenvalue weighted by Crippen LogP contribution is 2.33. The van der Waals surface area contributed by atoms with Gasteiger partial charge >= 0.3 is 5.97 Å². The van der Waals surface area contributed by atoms with Crippen molar-refractivity contribution in [3.05, 3.63) is 35.4 Å². The molecule has 1 fully saturated rings. The van der Waals surface area contributed by atoms with Crippen molar-refractivity contribution in [2.45, 2.75) is 12.5 Å². The van der Waals surface area contributed by atoms with Gasteiger partial charge in [0.2, 0.25) is 0 Å². The van der Waals surface area contributed by atoms with Gasteiger partial charge in [0.25, 0.3) is 0 Å². The Balaban J connectivity index is 2.52. The van der Waals surface area contributed by atoms with Crippen molar-refractivity contribution in [3.8, 4) is 0 Å². The molecular formula is C13H15F2NO3. The number of carbonyl (C=O) groups is 1. The Labute approximate surface area is 109 Å². The van der Waals surface area contributed by atoms with E-state index in [0.29, 0.717) is 26.3 Å². The molecular weight excluding hydrogens is 256 g/mol. The van der Waals surface area contributed by atoms with Gasteiger partial charge in [0, 0.05) is 13.1 Å². The molecule has 0 amide bonds. The Hall–Kier alpha value is -1.53. The fraction of sp³-hybridized carbons (Fsp3) is 0.462. The number of carboxylic acid groups (broad SMARTS) is 1. The van der Waals surface area contributed by atoms with Gasteiger partial charge in [0.1, 0.15) is 17.2 Å². The summed E-state index contributed by atoms with van der Waals surface area (Å²) in [6.45, 7) is 2.65. The van der Waals surface area contributed by atoms with E-state index in [0.717, 1.165) is 12.1 Å². The van der Waals surface area contributed by atoms with Crippen molar-refractivity contribution in [2.75, 3.05) is 26.3 Å². The first-order valence-corrected chi connectivity index (χ1v) is 5.98. The van der Waals surface area contributed by atoms with Crippen LogP contribution >= 0.6 is 0 Å². The maximum atomic E-state index is 13.9. The first-order chi connectivity index (χ1) is 8.98. The van der Waals surface area contributed by atoms with Gasteiger partial charge in [-0.25, -0.2) is 13.6 Å². The van der Waals surface area contributed by atoms with Crippen molar-refractivity contribution in [2.24, 2.45) is 0 Å².